The minimum atomic E-state index is -1.11. The van der Waals surface area contributed by atoms with Gasteiger partial charge in [0.05, 0.1) is 39.2 Å². The van der Waals surface area contributed by atoms with Crippen molar-refractivity contribution in [3.05, 3.63) is 59.3 Å². The molecule has 40 heavy (non-hydrogen) atoms. The Morgan fingerprint density at radius 1 is 1.07 bits per heavy atom. The Morgan fingerprint density at radius 3 is 2.65 bits per heavy atom. The zero-order valence-corrected chi connectivity index (χ0v) is 23.6. The van der Waals surface area contributed by atoms with Crippen LogP contribution < -0.4 is 9.47 Å². The third kappa shape index (κ3) is 4.41. The first-order chi connectivity index (χ1) is 19.5. The van der Waals surface area contributed by atoms with E-state index in [0.717, 1.165) is 53.8 Å². The Kier molecular flexibility index (Phi) is 7.18. The predicted molar refractivity (Wildman–Crippen MR) is 152 cm³/mol. The predicted octanol–water partition coefficient (Wildman–Crippen LogP) is 3.33. The van der Waals surface area contributed by atoms with E-state index >= 15 is 0 Å². The highest BCUT2D eigenvalue weighted by molar-refractivity contribution is 6.01. The maximum atomic E-state index is 14.3. The van der Waals surface area contributed by atoms with Crippen molar-refractivity contribution >= 4 is 22.7 Å². The lowest BCUT2D eigenvalue weighted by molar-refractivity contribution is -0.166. The maximum Gasteiger partial charge on any atom is 0.254 e. The fourth-order valence-corrected chi connectivity index (χ4v) is 6.47. The molecule has 2 atom stereocenters. The molecule has 2 saturated heterocycles. The Balaban J connectivity index is 1.40. The van der Waals surface area contributed by atoms with Crippen molar-refractivity contribution < 1.29 is 23.8 Å². The topological polar surface area (TPSA) is 87.3 Å². The molecule has 1 N–H and O–H groups in total. The van der Waals surface area contributed by atoms with Crippen LogP contribution in [0, 0.1) is 0 Å². The smallest absolute Gasteiger partial charge is 0.254 e. The van der Waals surface area contributed by atoms with E-state index in [1.54, 1.807) is 16.9 Å². The number of hydrogen-bond donors (Lipinski definition) is 1. The summed E-state index contributed by atoms with van der Waals surface area (Å²) < 4.78 is 17.1. The minimum absolute atomic E-state index is 0.0340. The number of methoxy groups -OCH3 is 1. The Bertz CT molecular complexity index is 1410. The van der Waals surface area contributed by atoms with E-state index in [4.69, 9.17) is 14.2 Å². The van der Waals surface area contributed by atoms with E-state index in [-0.39, 0.29) is 24.3 Å². The SMILES string of the molecule is CCCOc1ccc([C@@H]2CN3C(=O)CN(CCN4CCOCC4)C(=O)[C@]3(C)c3[nH]c4ccccc4c32)cc1OC. The van der Waals surface area contributed by atoms with Crippen molar-refractivity contribution in [3.8, 4) is 11.5 Å². The van der Waals surface area contributed by atoms with E-state index in [1.807, 2.05) is 37.3 Å². The fraction of sp³-hybridized carbons (Fsp3) is 0.484. The third-order valence-electron chi connectivity index (χ3n) is 8.66. The van der Waals surface area contributed by atoms with Gasteiger partial charge in [0.25, 0.3) is 5.91 Å². The normalized spacial score (nSPS) is 23.3. The van der Waals surface area contributed by atoms with Crippen LogP contribution in [-0.4, -0.2) is 97.7 Å². The number of nitrogens with zero attached hydrogens (tertiary/aromatic N) is 3. The second kappa shape index (κ2) is 10.8. The molecule has 0 unspecified atom stereocenters. The van der Waals surface area contributed by atoms with Crippen LogP contribution in [0.4, 0.5) is 0 Å². The number of para-hydroxylation sites is 1. The van der Waals surface area contributed by atoms with Crippen molar-refractivity contribution in [2.24, 2.45) is 0 Å². The molecule has 6 rings (SSSR count). The van der Waals surface area contributed by atoms with Crippen molar-refractivity contribution in [1.29, 1.82) is 0 Å². The number of H-pyrrole nitrogens is 1. The fourth-order valence-electron chi connectivity index (χ4n) is 6.47. The number of piperazine rings is 1. The van der Waals surface area contributed by atoms with Crippen LogP contribution in [0.2, 0.25) is 0 Å². The van der Waals surface area contributed by atoms with Gasteiger partial charge < -0.3 is 29.0 Å². The summed E-state index contributed by atoms with van der Waals surface area (Å²) in [6.07, 6.45) is 0.902. The van der Waals surface area contributed by atoms with Crippen LogP contribution in [0.1, 0.15) is 43.0 Å². The van der Waals surface area contributed by atoms with Crippen molar-refractivity contribution in [3.63, 3.8) is 0 Å². The summed E-state index contributed by atoms with van der Waals surface area (Å²) in [4.78, 5) is 37.4. The number of morpholine rings is 1. The molecule has 0 saturated carbocycles. The zero-order chi connectivity index (χ0) is 27.9. The number of hydrogen-bond acceptors (Lipinski definition) is 6. The third-order valence-corrected chi connectivity index (χ3v) is 8.66. The van der Waals surface area contributed by atoms with E-state index in [0.29, 0.717) is 44.4 Å². The number of benzene rings is 2. The first-order valence-electron chi connectivity index (χ1n) is 14.3. The molecule has 0 aliphatic carbocycles. The maximum absolute atomic E-state index is 14.3. The summed E-state index contributed by atoms with van der Waals surface area (Å²) in [5.41, 5.74) is 2.73. The summed E-state index contributed by atoms with van der Waals surface area (Å²) in [5, 5.41) is 1.07. The second-order valence-electron chi connectivity index (χ2n) is 11.0. The van der Waals surface area contributed by atoms with Gasteiger partial charge in [0.2, 0.25) is 5.91 Å². The van der Waals surface area contributed by atoms with Crippen LogP contribution in [0.3, 0.4) is 0 Å². The highest BCUT2D eigenvalue weighted by Gasteiger charge is 2.56. The lowest BCUT2D eigenvalue weighted by Crippen LogP contribution is -2.68. The minimum Gasteiger partial charge on any atom is -0.493 e. The molecule has 2 aromatic carbocycles. The molecule has 3 aliphatic rings. The molecule has 3 aliphatic heterocycles. The van der Waals surface area contributed by atoms with Crippen molar-refractivity contribution in [2.75, 3.05) is 66.2 Å². The summed E-state index contributed by atoms with van der Waals surface area (Å²) in [7, 11) is 1.64. The average molecular weight is 547 g/mol. The van der Waals surface area contributed by atoms with Crippen LogP contribution in [0.15, 0.2) is 42.5 Å². The molecule has 2 amide bonds. The highest BCUT2D eigenvalue weighted by Crippen LogP contribution is 2.49. The van der Waals surface area contributed by atoms with Crippen molar-refractivity contribution in [2.45, 2.75) is 31.7 Å². The van der Waals surface area contributed by atoms with Crippen LogP contribution in [-0.2, 0) is 19.9 Å². The largest absolute Gasteiger partial charge is 0.493 e. The van der Waals surface area contributed by atoms with Gasteiger partial charge in [0.15, 0.2) is 17.0 Å². The van der Waals surface area contributed by atoms with Crippen LogP contribution in [0.5, 0.6) is 11.5 Å². The number of nitrogens with one attached hydrogen (secondary N) is 1. The van der Waals surface area contributed by atoms with Gasteiger partial charge >= 0.3 is 0 Å². The number of fused-ring (bicyclic) bond motifs is 5. The van der Waals surface area contributed by atoms with E-state index in [1.165, 1.54) is 0 Å². The van der Waals surface area contributed by atoms with Gasteiger partial charge in [-0.25, -0.2) is 0 Å². The van der Waals surface area contributed by atoms with E-state index in [2.05, 4.69) is 28.9 Å². The number of amides is 2. The highest BCUT2D eigenvalue weighted by atomic mass is 16.5. The molecule has 1 aromatic heterocycles. The molecule has 212 valence electrons. The molecular weight excluding hydrogens is 508 g/mol. The first kappa shape index (κ1) is 26.7. The Labute approximate surface area is 235 Å². The number of carbonyl (C=O) groups excluding carboxylic acids is 2. The summed E-state index contributed by atoms with van der Waals surface area (Å²) in [6.45, 7) is 9.42. The van der Waals surface area contributed by atoms with E-state index < -0.39 is 5.54 Å². The standard InChI is InChI=1S/C31H38N4O5/c1-4-15-40-25-10-9-21(18-26(25)38-3)23-19-35-27(36)20-34(12-11-33-13-16-39-17-14-33)30(37)31(35,2)29-28(23)22-7-5-6-8-24(22)32-29/h5-10,18,23,32H,4,11-17,19-20H2,1-3H3/t23-,31-/m0/s1. The number of carbonyl (C=O) groups is 2. The van der Waals surface area contributed by atoms with Gasteiger partial charge in [-0.15, -0.1) is 0 Å². The molecule has 3 aromatic rings. The molecule has 4 heterocycles. The average Bonchev–Trinajstić information content (AvgIpc) is 3.38. The van der Waals surface area contributed by atoms with Gasteiger partial charge in [-0.2, -0.15) is 0 Å². The van der Waals surface area contributed by atoms with Crippen LogP contribution in [0.25, 0.3) is 10.9 Å². The van der Waals surface area contributed by atoms with Crippen LogP contribution >= 0.6 is 0 Å². The molecule has 0 radical (unpaired) electrons. The zero-order valence-electron chi connectivity index (χ0n) is 23.6. The Hall–Kier alpha value is -3.56. The molecule has 2 fully saturated rings. The van der Waals surface area contributed by atoms with Gasteiger partial charge in [0, 0.05) is 49.5 Å². The van der Waals surface area contributed by atoms with Gasteiger partial charge in [-0.3, -0.25) is 14.5 Å². The summed E-state index contributed by atoms with van der Waals surface area (Å²) >= 11 is 0. The quantitative estimate of drug-likeness (QED) is 0.467. The van der Waals surface area contributed by atoms with Crippen molar-refractivity contribution in [1.82, 2.24) is 19.7 Å². The van der Waals surface area contributed by atoms with E-state index in [9.17, 15) is 9.59 Å². The molecule has 9 heteroatoms. The second-order valence-corrected chi connectivity index (χ2v) is 11.0. The Morgan fingerprint density at radius 2 is 1.88 bits per heavy atom. The molecule has 9 nitrogen and oxygen atoms in total. The number of aromatic nitrogens is 1. The lowest BCUT2D eigenvalue weighted by atomic mass is 9.76. The van der Waals surface area contributed by atoms with Gasteiger partial charge in [0.1, 0.15) is 0 Å². The van der Waals surface area contributed by atoms with Gasteiger partial charge in [-0.1, -0.05) is 31.2 Å². The number of aromatic amines is 1. The number of ether oxygens (including phenoxy) is 3. The van der Waals surface area contributed by atoms with Gasteiger partial charge in [-0.05, 0) is 42.7 Å². The lowest BCUT2D eigenvalue weighted by Gasteiger charge is -2.51. The summed E-state index contributed by atoms with van der Waals surface area (Å²) in [5.74, 6) is 1.16. The first-order valence-corrected chi connectivity index (χ1v) is 14.3. The number of rotatable bonds is 8. The molecular formula is C31H38N4O5. The monoisotopic (exact) mass is 546 g/mol. The molecule has 0 bridgehead atoms. The molecule has 0 spiro atoms. The summed E-state index contributed by atoms with van der Waals surface area (Å²) in [6, 6.07) is 14.1.